The Morgan fingerprint density at radius 1 is 1.28 bits per heavy atom. The third-order valence-electron chi connectivity index (χ3n) is 2.72. The third kappa shape index (κ3) is 3.60. The second-order valence-corrected chi connectivity index (χ2v) is 4.25. The Hall–Kier alpha value is -1.81. The lowest BCUT2D eigenvalue weighted by Crippen LogP contribution is -2.20. The molecule has 0 aliphatic rings. The van der Waals surface area contributed by atoms with Crippen molar-refractivity contribution in [2.75, 3.05) is 13.2 Å². The van der Waals surface area contributed by atoms with Gasteiger partial charge in [-0.1, -0.05) is 18.2 Å². The van der Waals surface area contributed by atoms with E-state index in [2.05, 4.69) is 10.4 Å². The van der Waals surface area contributed by atoms with E-state index >= 15 is 0 Å². The number of para-hydroxylation sites is 1. The predicted molar refractivity (Wildman–Crippen MR) is 71.6 cm³/mol. The minimum Gasteiger partial charge on any atom is -0.492 e. The highest BCUT2D eigenvalue weighted by Gasteiger charge is 2.01. The number of hydrogen-bond donors (Lipinski definition) is 1. The Labute approximate surface area is 108 Å². The smallest absolute Gasteiger partial charge is 0.119 e. The molecule has 1 aromatic carbocycles. The Balaban J connectivity index is 1.66. The number of ether oxygens (including phenoxy) is 1. The van der Waals surface area contributed by atoms with E-state index in [0.29, 0.717) is 6.61 Å². The number of nitrogens with zero attached hydrogens (tertiary/aromatic N) is 2. The summed E-state index contributed by atoms with van der Waals surface area (Å²) in [5.74, 6) is 0.914. The largest absolute Gasteiger partial charge is 0.492 e. The Kier molecular flexibility index (Phi) is 4.36. The Morgan fingerprint density at radius 3 is 2.72 bits per heavy atom. The van der Waals surface area contributed by atoms with Crippen LogP contribution in [-0.4, -0.2) is 22.9 Å². The van der Waals surface area contributed by atoms with Crippen LogP contribution in [-0.2, 0) is 13.6 Å². The van der Waals surface area contributed by atoms with Crippen molar-refractivity contribution >= 4 is 0 Å². The first-order chi connectivity index (χ1) is 8.75. The fourth-order valence-corrected chi connectivity index (χ4v) is 1.80. The van der Waals surface area contributed by atoms with Crippen LogP contribution in [0.25, 0.3) is 0 Å². The number of aromatic nitrogens is 2. The molecule has 0 fully saturated rings. The molecule has 0 bridgehead atoms. The molecular formula is C14H19N3O. The highest BCUT2D eigenvalue weighted by Crippen LogP contribution is 2.07. The molecule has 2 aromatic rings. The molecule has 4 heteroatoms. The van der Waals surface area contributed by atoms with Crippen molar-refractivity contribution in [3.63, 3.8) is 0 Å². The van der Waals surface area contributed by atoms with Gasteiger partial charge in [-0.3, -0.25) is 4.68 Å². The van der Waals surface area contributed by atoms with Gasteiger partial charge in [0.05, 0.1) is 5.69 Å². The van der Waals surface area contributed by atoms with Gasteiger partial charge in [0.15, 0.2) is 0 Å². The molecule has 18 heavy (non-hydrogen) atoms. The van der Waals surface area contributed by atoms with Crippen molar-refractivity contribution in [2.24, 2.45) is 7.05 Å². The van der Waals surface area contributed by atoms with Crippen LogP contribution < -0.4 is 10.1 Å². The van der Waals surface area contributed by atoms with Crippen LogP contribution in [0.5, 0.6) is 5.75 Å². The fraction of sp³-hybridized carbons (Fsp3) is 0.357. The van der Waals surface area contributed by atoms with Crippen molar-refractivity contribution < 1.29 is 4.74 Å². The van der Waals surface area contributed by atoms with Crippen molar-refractivity contribution in [3.8, 4) is 5.75 Å². The number of nitrogens with one attached hydrogen (secondary N) is 1. The molecule has 0 saturated carbocycles. The highest BCUT2D eigenvalue weighted by atomic mass is 16.5. The summed E-state index contributed by atoms with van der Waals surface area (Å²) < 4.78 is 7.44. The average Bonchev–Trinajstić information content (AvgIpc) is 2.69. The zero-order valence-corrected chi connectivity index (χ0v) is 10.9. The molecule has 0 aliphatic carbocycles. The topological polar surface area (TPSA) is 39.1 Å². The van der Waals surface area contributed by atoms with Crippen LogP contribution in [0, 0.1) is 6.92 Å². The van der Waals surface area contributed by atoms with Crippen molar-refractivity contribution in [1.29, 1.82) is 0 Å². The van der Waals surface area contributed by atoms with Gasteiger partial charge >= 0.3 is 0 Å². The first-order valence-electron chi connectivity index (χ1n) is 6.13. The van der Waals surface area contributed by atoms with E-state index in [1.165, 1.54) is 5.56 Å². The standard InChI is InChI=1S/C14H19N3O/c1-12-13(11-17(2)16-12)10-15-8-9-18-14-6-4-3-5-7-14/h3-7,11,15H,8-10H2,1-2H3. The summed E-state index contributed by atoms with van der Waals surface area (Å²) >= 11 is 0. The summed E-state index contributed by atoms with van der Waals surface area (Å²) in [6.07, 6.45) is 2.04. The van der Waals surface area contributed by atoms with Gasteiger partial charge in [-0.15, -0.1) is 0 Å². The minimum absolute atomic E-state index is 0.670. The molecular weight excluding hydrogens is 226 g/mol. The van der Waals surface area contributed by atoms with Crippen molar-refractivity contribution in [1.82, 2.24) is 15.1 Å². The van der Waals surface area contributed by atoms with Gasteiger partial charge in [0, 0.05) is 31.9 Å². The second-order valence-electron chi connectivity index (χ2n) is 4.25. The molecule has 0 radical (unpaired) electrons. The zero-order chi connectivity index (χ0) is 12.8. The summed E-state index contributed by atoms with van der Waals surface area (Å²) in [5.41, 5.74) is 2.31. The minimum atomic E-state index is 0.670. The Morgan fingerprint density at radius 2 is 2.06 bits per heavy atom. The fourth-order valence-electron chi connectivity index (χ4n) is 1.80. The van der Waals surface area contributed by atoms with Gasteiger partial charge in [-0.05, 0) is 19.1 Å². The van der Waals surface area contributed by atoms with E-state index in [-0.39, 0.29) is 0 Å². The van der Waals surface area contributed by atoms with E-state index in [0.717, 1.165) is 24.5 Å². The molecule has 1 N–H and O–H groups in total. The number of hydrogen-bond acceptors (Lipinski definition) is 3. The molecule has 0 atom stereocenters. The molecule has 0 aliphatic heterocycles. The number of benzene rings is 1. The van der Waals surface area contributed by atoms with Crippen LogP contribution in [0.4, 0.5) is 0 Å². The van der Waals surface area contributed by atoms with Gasteiger partial charge in [0.1, 0.15) is 12.4 Å². The van der Waals surface area contributed by atoms with Crippen LogP contribution >= 0.6 is 0 Å². The lowest BCUT2D eigenvalue weighted by atomic mass is 10.2. The Bertz CT molecular complexity index is 479. The summed E-state index contributed by atoms with van der Waals surface area (Å²) in [6, 6.07) is 9.86. The van der Waals surface area contributed by atoms with Gasteiger partial charge in [-0.25, -0.2) is 0 Å². The monoisotopic (exact) mass is 245 g/mol. The normalized spacial score (nSPS) is 10.6. The van der Waals surface area contributed by atoms with E-state index in [9.17, 15) is 0 Å². The van der Waals surface area contributed by atoms with Gasteiger partial charge in [0.25, 0.3) is 0 Å². The molecule has 2 rings (SSSR count). The van der Waals surface area contributed by atoms with Gasteiger partial charge < -0.3 is 10.1 Å². The summed E-state index contributed by atoms with van der Waals surface area (Å²) in [7, 11) is 1.94. The van der Waals surface area contributed by atoms with Crippen LogP contribution in [0.1, 0.15) is 11.3 Å². The maximum absolute atomic E-state index is 5.60. The average molecular weight is 245 g/mol. The quantitative estimate of drug-likeness (QED) is 0.790. The zero-order valence-electron chi connectivity index (χ0n) is 10.9. The maximum atomic E-state index is 5.60. The third-order valence-corrected chi connectivity index (χ3v) is 2.72. The van der Waals surface area contributed by atoms with Gasteiger partial charge in [0.2, 0.25) is 0 Å². The lowest BCUT2D eigenvalue weighted by Gasteiger charge is -2.06. The molecule has 96 valence electrons. The number of rotatable bonds is 6. The second kappa shape index (κ2) is 6.21. The highest BCUT2D eigenvalue weighted by molar-refractivity contribution is 5.20. The molecule has 1 aromatic heterocycles. The van der Waals surface area contributed by atoms with Crippen LogP contribution in [0.2, 0.25) is 0 Å². The summed E-state index contributed by atoms with van der Waals surface area (Å²) in [5, 5.41) is 7.65. The molecule has 0 amide bonds. The lowest BCUT2D eigenvalue weighted by molar-refractivity contribution is 0.313. The molecule has 1 heterocycles. The van der Waals surface area contributed by atoms with E-state index in [1.54, 1.807) is 0 Å². The van der Waals surface area contributed by atoms with E-state index < -0.39 is 0 Å². The van der Waals surface area contributed by atoms with Gasteiger partial charge in [-0.2, -0.15) is 5.10 Å². The maximum Gasteiger partial charge on any atom is 0.119 e. The summed E-state index contributed by atoms with van der Waals surface area (Å²) in [6.45, 7) is 4.35. The number of aryl methyl sites for hydroxylation is 2. The predicted octanol–water partition coefficient (Wildman–Crippen LogP) is 1.90. The molecule has 0 unspecified atom stereocenters. The SMILES string of the molecule is Cc1nn(C)cc1CNCCOc1ccccc1. The first-order valence-corrected chi connectivity index (χ1v) is 6.13. The van der Waals surface area contributed by atoms with Crippen molar-refractivity contribution in [2.45, 2.75) is 13.5 Å². The summed E-state index contributed by atoms with van der Waals surface area (Å²) in [4.78, 5) is 0. The van der Waals surface area contributed by atoms with E-state index in [4.69, 9.17) is 4.74 Å². The molecule has 4 nitrogen and oxygen atoms in total. The van der Waals surface area contributed by atoms with Crippen molar-refractivity contribution in [3.05, 3.63) is 47.8 Å². The van der Waals surface area contributed by atoms with Crippen LogP contribution in [0.15, 0.2) is 36.5 Å². The molecule has 0 spiro atoms. The molecule has 0 saturated heterocycles. The first kappa shape index (κ1) is 12.6. The van der Waals surface area contributed by atoms with Crippen LogP contribution in [0.3, 0.4) is 0 Å². The van der Waals surface area contributed by atoms with E-state index in [1.807, 2.05) is 55.2 Å².